The third kappa shape index (κ3) is 4.53. The van der Waals surface area contributed by atoms with E-state index in [2.05, 4.69) is 21.2 Å². The molecule has 110 valence electrons. The molecule has 2 aromatic rings. The summed E-state index contributed by atoms with van der Waals surface area (Å²) < 4.78 is 13.8. The van der Waals surface area contributed by atoms with Crippen molar-refractivity contribution in [3.8, 4) is 0 Å². The van der Waals surface area contributed by atoms with Crippen LogP contribution in [0.15, 0.2) is 46.9 Å². The summed E-state index contributed by atoms with van der Waals surface area (Å²) in [5.74, 6) is -0.247. The maximum absolute atomic E-state index is 13.0. The molecule has 1 N–H and O–H groups in total. The third-order valence-corrected chi connectivity index (χ3v) is 3.50. The molecule has 0 aromatic heterocycles. The Bertz CT molecular complexity index is 649. The van der Waals surface area contributed by atoms with Crippen LogP contribution in [-0.2, 0) is 6.42 Å². The van der Waals surface area contributed by atoms with Crippen molar-refractivity contribution in [2.24, 2.45) is 0 Å². The van der Waals surface area contributed by atoms with Crippen molar-refractivity contribution in [3.05, 3.63) is 68.4 Å². The summed E-state index contributed by atoms with van der Waals surface area (Å²) in [7, 11) is 0. The van der Waals surface area contributed by atoms with Gasteiger partial charge < -0.3 is 5.32 Å². The van der Waals surface area contributed by atoms with Crippen LogP contribution in [0.4, 0.5) is 15.8 Å². The highest BCUT2D eigenvalue weighted by molar-refractivity contribution is 9.10. The van der Waals surface area contributed by atoms with Gasteiger partial charge in [-0.15, -0.1) is 0 Å². The lowest BCUT2D eigenvalue weighted by Crippen LogP contribution is -2.05. The van der Waals surface area contributed by atoms with Crippen LogP contribution in [0.25, 0.3) is 0 Å². The van der Waals surface area contributed by atoms with Crippen LogP contribution in [0.5, 0.6) is 0 Å². The van der Waals surface area contributed by atoms with E-state index in [9.17, 15) is 14.5 Å². The lowest BCUT2D eigenvalue weighted by molar-refractivity contribution is -0.384. The monoisotopic (exact) mass is 352 g/mol. The minimum atomic E-state index is -0.415. The van der Waals surface area contributed by atoms with Gasteiger partial charge in [-0.3, -0.25) is 10.1 Å². The van der Waals surface area contributed by atoms with E-state index in [1.54, 1.807) is 18.2 Å². The van der Waals surface area contributed by atoms with Gasteiger partial charge in [0.25, 0.3) is 5.69 Å². The maximum atomic E-state index is 13.0. The summed E-state index contributed by atoms with van der Waals surface area (Å²) >= 11 is 3.29. The van der Waals surface area contributed by atoms with Crippen molar-refractivity contribution in [1.29, 1.82) is 0 Å². The average molecular weight is 353 g/mol. The lowest BCUT2D eigenvalue weighted by atomic mass is 10.1. The van der Waals surface area contributed by atoms with Crippen molar-refractivity contribution < 1.29 is 9.31 Å². The van der Waals surface area contributed by atoms with Crippen LogP contribution in [0.1, 0.15) is 12.0 Å². The molecule has 21 heavy (non-hydrogen) atoms. The lowest BCUT2D eigenvalue weighted by Gasteiger charge is -2.08. The maximum Gasteiger partial charge on any atom is 0.292 e. The molecule has 0 aliphatic rings. The van der Waals surface area contributed by atoms with Crippen LogP contribution >= 0.6 is 15.9 Å². The largest absolute Gasteiger partial charge is 0.379 e. The van der Waals surface area contributed by atoms with Gasteiger partial charge in [0.05, 0.1) is 4.92 Å². The summed E-state index contributed by atoms with van der Waals surface area (Å²) in [5.41, 5.74) is 1.44. The third-order valence-electron chi connectivity index (χ3n) is 3.00. The first-order valence-corrected chi connectivity index (χ1v) is 7.28. The molecule has 6 heteroatoms. The normalized spacial score (nSPS) is 10.4. The van der Waals surface area contributed by atoms with Crippen molar-refractivity contribution in [3.63, 3.8) is 0 Å². The molecule has 0 aliphatic carbocycles. The van der Waals surface area contributed by atoms with Crippen LogP contribution < -0.4 is 5.32 Å². The number of nitrogens with zero attached hydrogens (tertiary/aromatic N) is 1. The van der Waals surface area contributed by atoms with Gasteiger partial charge in [-0.2, -0.15) is 0 Å². The van der Waals surface area contributed by atoms with Crippen LogP contribution in [-0.4, -0.2) is 11.5 Å². The molecule has 0 atom stereocenters. The van der Waals surface area contributed by atoms with Crippen LogP contribution in [0, 0.1) is 15.9 Å². The summed E-state index contributed by atoms with van der Waals surface area (Å²) in [5, 5.41) is 14.0. The first-order valence-electron chi connectivity index (χ1n) is 6.48. The average Bonchev–Trinajstić information content (AvgIpc) is 2.43. The van der Waals surface area contributed by atoms with E-state index in [4.69, 9.17) is 0 Å². The number of hydrogen-bond acceptors (Lipinski definition) is 3. The first kappa shape index (κ1) is 15.4. The Morgan fingerprint density at radius 3 is 2.76 bits per heavy atom. The fourth-order valence-electron chi connectivity index (χ4n) is 2.02. The highest BCUT2D eigenvalue weighted by atomic mass is 79.9. The Kier molecular flexibility index (Phi) is 5.27. The summed E-state index contributed by atoms with van der Waals surface area (Å²) in [6, 6.07) is 11.2. The Morgan fingerprint density at radius 2 is 2.05 bits per heavy atom. The minimum absolute atomic E-state index is 0.0453. The van der Waals surface area contributed by atoms with Crippen molar-refractivity contribution in [2.45, 2.75) is 12.8 Å². The smallest absolute Gasteiger partial charge is 0.292 e. The number of hydrogen-bond donors (Lipinski definition) is 1. The number of nitro groups is 1. The summed E-state index contributed by atoms with van der Waals surface area (Å²) in [4.78, 5) is 10.5. The topological polar surface area (TPSA) is 55.2 Å². The zero-order valence-corrected chi connectivity index (χ0v) is 12.8. The highest BCUT2D eigenvalue weighted by Gasteiger charge is 2.12. The summed E-state index contributed by atoms with van der Waals surface area (Å²) in [6.07, 6.45) is 1.47. The fourth-order valence-corrected chi connectivity index (χ4v) is 2.38. The standard InChI is InChI=1S/C15H14BrFN2O2/c16-12-6-7-15(19(20)21)14(10-12)18-8-2-4-11-3-1-5-13(17)9-11/h1,3,5-7,9-10,18H,2,4,8H2. The molecular formula is C15H14BrFN2O2. The molecular weight excluding hydrogens is 339 g/mol. The SMILES string of the molecule is O=[N+]([O-])c1ccc(Br)cc1NCCCc1cccc(F)c1. The predicted molar refractivity (Wildman–Crippen MR) is 84.0 cm³/mol. The second kappa shape index (κ2) is 7.17. The van der Waals surface area contributed by atoms with E-state index < -0.39 is 4.92 Å². The predicted octanol–water partition coefficient (Wildman–Crippen LogP) is 4.54. The van der Waals surface area contributed by atoms with Gasteiger partial charge in [-0.25, -0.2) is 4.39 Å². The van der Waals surface area contributed by atoms with E-state index in [-0.39, 0.29) is 11.5 Å². The number of nitrogens with one attached hydrogen (secondary N) is 1. The molecule has 0 aliphatic heterocycles. The molecule has 0 saturated carbocycles. The molecule has 0 radical (unpaired) electrons. The van der Waals surface area contributed by atoms with Crippen LogP contribution in [0.2, 0.25) is 0 Å². The molecule has 4 nitrogen and oxygen atoms in total. The van der Waals surface area contributed by atoms with Crippen molar-refractivity contribution in [2.75, 3.05) is 11.9 Å². The molecule has 0 spiro atoms. The van der Waals surface area contributed by atoms with Gasteiger partial charge >= 0.3 is 0 Å². The number of aryl methyl sites for hydroxylation is 1. The van der Waals surface area contributed by atoms with Crippen molar-refractivity contribution >= 4 is 27.3 Å². The Morgan fingerprint density at radius 1 is 1.24 bits per heavy atom. The van der Waals surface area contributed by atoms with Gasteiger partial charge in [0, 0.05) is 17.1 Å². The molecule has 0 bridgehead atoms. The second-order valence-electron chi connectivity index (χ2n) is 4.58. The number of anilines is 1. The Labute approximate surface area is 130 Å². The number of halogens is 2. The number of rotatable bonds is 6. The van der Waals surface area contributed by atoms with E-state index in [0.717, 1.165) is 16.5 Å². The van der Waals surface area contributed by atoms with Gasteiger partial charge in [-0.05, 0) is 42.7 Å². The van der Waals surface area contributed by atoms with Gasteiger partial charge in [0.2, 0.25) is 0 Å². The molecule has 0 heterocycles. The number of nitro benzene ring substituents is 1. The van der Waals surface area contributed by atoms with Gasteiger partial charge in [0.15, 0.2) is 0 Å². The molecule has 2 rings (SSSR count). The zero-order valence-electron chi connectivity index (χ0n) is 11.2. The van der Waals surface area contributed by atoms with Crippen LogP contribution in [0.3, 0.4) is 0 Å². The molecule has 0 amide bonds. The van der Waals surface area contributed by atoms with Gasteiger partial charge in [-0.1, -0.05) is 28.1 Å². The summed E-state index contributed by atoms with van der Waals surface area (Å²) in [6.45, 7) is 0.577. The first-order chi connectivity index (χ1) is 10.1. The molecule has 2 aromatic carbocycles. The van der Waals surface area contributed by atoms with E-state index >= 15 is 0 Å². The number of benzene rings is 2. The van der Waals surface area contributed by atoms with E-state index in [1.165, 1.54) is 18.2 Å². The minimum Gasteiger partial charge on any atom is -0.379 e. The fraction of sp³-hybridized carbons (Fsp3) is 0.200. The van der Waals surface area contributed by atoms with E-state index in [1.807, 2.05) is 6.07 Å². The Balaban J connectivity index is 1.91. The molecule has 0 unspecified atom stereocenters. The molecule has 0 fully saturated rings. The zero-order chi connectivity index (χ0) is 15.2. The van der Waals surface area contributed by atoms with E-state index in [0.29, 0.717) is 18.7 Å². The second-order valence-corrected chi connectivity index (χ2v) is 5.49. The Hall–Kier alpha value is -1.95. The highest BCUT2D eigenvalue weighted by Crippen LogP contribution is 2.27. The quantitative estimate of drug-likeness (QED) is 0.471. The van der Waals surface area contributed by atoms with Crippen molar-refractivity contribution in [1.82, 2.24) is 0 Å². The molecule has 0 saturated heterocycles. The van der Waals surface area contributed by atoms with Gasteiger partial charge in [0.1, 0.15) is 11.5 Å².